The van der Waals surface area contributed by atoms with Gasteiger partial charge >= 0.3 is 5.97 Å². The van der Waals surface area contributed by atoms with Crippen LogP contribution in [0.15, 0.2) is 24.3 Å². The van der Waals surface area contributed by atoms with Crippen molar-refractivity contribution < 1.29 is 19.5 Å². The Morgan fingerprint density at radius 2 is 1.57 bits per heavy atom. The molecule has 1 aromatic carbocycles. The molecule has 0 atom stereocenters. The molecule has 0 aliphatic rings. The van der Waals surface area contributed by atoms with Crippen molar-refractivity contribution in [1.82, 2.24) is 10.6 Å². The highest BCUT2D eigenvalue weighted by molar-refractivity contribution is 5.96. The van der Waals surface area contributed by atoms with Crippen molar-refractivity contribution in [3.05, 3.63) is 35.4 Å². The molecule has 0 radical (unpaired) electrons. The summed E-state index contributed by atoms with van der Waals surface area (Å²) in [5, 5.41) is 13.0. The molecule has 0 aliphatic carbocycles. The van der Waals surface area contributed by atoms with E-state index < -0.39 is 18.4 Å². The Balaban J connectivity index is 2.53. The average Bonchev–Trinajstić information content (AvgIpc) is 2.41. The molecule has 0 aliphatic heterocycles. The molecular weight excluding hydrogens is 272 g/mol. The topological polar surface area (TPSA) is 95.5 Å². The number of rotatable bonds is 5. The van der Waals surface area contributed by atoms with E-state index in [4.69, 9.17) is 5.11 Å². The van der Waals surface area contributed by atoms with Gasteiger partial charge in [0.2, 0.25) is 5.91 Å². The second-order valence-corrected chi connectivity index (χ2v) is 5.68. The summed E-state index contributed by atoms with van der Waals surface area (Å²) in [6, 6.07) is 7.15. The Morgan fingerprint density at radius 1 is 1.00 bits per heavy atom. The van der Waals surface area contributed by atoms with Gasteiger partial charge in [-0.3, -0.25) is 14.4 Å². The number of carbonyl (C=O) groups excluding carboxylic acids is 2. The van der Waals surface area contributed by atoms with Gasteiger partial charge in [0.25, 0.3) is 5.91 Å². The van der Waals surface area contributed by atoms with Gasteiger partial charge in [-0.2, -0.15) is 0 Å². The van der Waals surface area contributed by atoms with E-state index in [1.807, 2.05) is 12.1 Å². The number of carbonyl (C=O) groups is 3. The van der Waals surface area contributed by atoms with Gasteiger partial charge in [0, 0.05) is 5.56 Å². The number of carboxylic acids is 1. The molecule has 0 heterocycles. The van der Waals surface area contributed by atoms with Crippen LogP contribution in [0, 0.1) is 0 Å². The van der Waals surface area contributed by atoms with Crippen molar-refractivity contribution >= 4 is 17.8 Å². The van der Waals surface area contributed by atoms with E-state index >= 15 is 0 Å². The van der Waals surface area contributed by atoms with E-state index in [2.05, 4.69) is 31.4 Å². The maximum atomic E-state index is 11.8. The zero-order chi connectivity index (χ0) is 16.0. The number of benzene rings is 1. The van der Waals surface area contributed by atoms with Gasteiger partial charge in [-0.25, -0.2) is 0 Å². The minimum Gasteiger partial charge on any atom is -0.480 e. The standard InChI is InChI=1S/C15H20N2O4/c1-15(2,3)11-6-4-10(5-7-11)14(21)17-8-12(18)16-9-13(19)20/h4-7H,8-9H2,1-3H3,(H,16,18)(H,17,21)(H,19,20). The van der Waals surface area contributed by atoms with Gasteiger partial charge in [-0.15, -0.1) is 0 Å². The Hall–Kier alpha value is -2.37. The van der Waals surface area contributed by atoms with Crippen LogP contribution in [0.1, 0.15) is 36.7 Å². The largest absolute Gasteiger partial charge is 0.480 e. The fraction of sp³-hybridized carbons (Fsp3) is 0.400. The van der Waals surface area contributed by atoms with Crippen LogP contribution in [0.5, 0.6) is 0 Å². The van der Waals surface area contributed by atoms with Gasteiger partial charge in [0.15, 0.2) is 0 Å². The molecule has 0 spiro atoms. The van der Waals surface area contributed by atoms with Crippen molar-refractivity contribution in [2.75, 3.05) is 13.1 Å². The molecule has 21 heavy (non-hydrogen) atoms. The third kappa shape index (κ3) is 5.64. The molecule has 6 nitrogen and oxygen atoms in total. The fourth-order valence-corrected chi connectivity index (χ4v) is 1.62. The number of carboxylic acid groups (broad SMARTS) is 1. The molecule has 0 aromatic heterocycles. The molecule has 1 rings (SSSR count). The van der Waals surface area contributed by atoms with Gasteiger partial charge in [-0.05, 0) is 23.1 Å². The van der Waals surface area contributed by atoms with Crippen LogP contribution in [0.25, 0.3) is 0 Å². The molecule has 0 unspecified atom stereocenters. The lowest BCUT2D eigenvalue weighted by Crippen LogP contribution is -2.39. The molecule has 3 N–H and O–H groups in total. The highest BCUT2D eigenvalue weighted by atomic mass is 16.4. The van der Waals surface area contributed by atoms with Crippen molar-refractivity contribution in [2.45, 2.75) is 26.2 Å². The summed E-state index contributed by atoms with van der Waals surface area (Å²) in [4.78, 5) is 33.4. The SMILES string of the molecule is CC(C)(C)c1ccc(C(=O)NCC(=O)NCC(=O)O)cc1. The summed E-state index contributed by atoms with van der Waals surface area (Å²) < 4.78 is 0. The first-order valence-corrected chi connectivity index (χ1v) is 6.57. The molecule has 0 saturated carbocycles. The Morgan fingerprint density at radius 3 is 2.05 bits per heavy atom. The maximum absolute atomic E-state index is 11.8. The highest BCUT2D eigenvalue weighted by Crippen LogP contribution is 2.22. The number of amides is 2. The average molecular weight is 292 g/mol. The number of aliphatic carboxylic acids is 1. The minimum atomic E-state index is -1.13. The summed E-state index contributed by atoms with van der Waals surface area (Å²) >= 11 is 0. The van der Waals surface area contributed by atoms with E-state index in [0.29, 0.717) is 5.56 Å². The van der Waals surface area contributed by atoms with Gasteiger partial charge in [0.1, 0.15) is 6.54 Å². The minimum absolute atomic E-state index is 0.00568. The normalized spacial score (nSPS) is 10.8. The maximum Gasteiger partial charge on any atom is 0.322 e. The van der Waals surface area contributed by atoms with Gasteiger partial charge in [0.05, 0.1) is 6.54 Å². The summed E-state index contributed by atoms with van der Waals surface area (Å²) in [5.41, 5.74) is 1.57. The number of nitrogens with one attached hydrogen (secondary N) is 2. The van der Waals surface area contributed by atoms with E-state index in [1.165, 1.54) is 0 Å². The van der Waals surface area contributed by atoms with Crippen LogP contribution in [0.2, 0.25) is 0 Å². The molecule has 1 aromatic rings. The predicted octanol–water partition coefficient (Wildman–Crippen LogP) is 0.915. The zero-order valence-electron chi connectivity index (χ0n) is 12.4. The smallest absolute Gasteiger partial charge is 0.322 e. The first-order chi connectivity index (χ1) is 9.70. The third-order valence-electron chi connectivity index (χ3n) is 2.86. The Bertz CT molecular complexity index is 530. The predicted molar refractivity (Wildman–Crippen MR) is 78.1 cm³/mol. The number of hydrogen-bond acceptors (Lipinski definition) is 3. The fourth-order valence-electron chi connectivity index (χ4n) is 1.62. The third-order valence-corrected chi connectivity index (χ3v) is 2.86. The van der Waals surface area contributed by atoms with Crippen LogP contribution in [0.4, 0.5) is 0 Å². The van der Waals surface area contributed by atoms with E-state index in [1.54, 1.807) is 12.1 Å². The molecule has 0 fully saturated rings. The Kier molecular flexibility index (Phi) is 5.46. The van der Waals surface area contributed by atoms with Crippen LogP contribution in [0.3, 0.4) is 0 Å². The quantitative estimate of drug-likeness (QED) is 0.752. The highest BCUT2D eigenvalue weighted by Gasteiger charge is 2.14. The zero-order valence-corrected chi connectivity index (χ0v) is 12.4. The van der Waals surface area contributed by atoms with E-state index in [9.17, 15) is 14.4 Å². The van der Waals surface area contributed by atoms with Crippen LogP contribution in [-0.2, 0) is 15.0 Å². The van der Waals surface area contributed by atoms with E-state index in [0.717, 1.165) is 5.56 Å². The van der Waals surface area contributed by atoms with Crippen molar-refractivity contribution in [1.29, 1.82) is 0 Å². The summed E-state index contributed by atoms with van der Waals surface area (Å²) in [6.45, 7) is 5.51. The van der Waals surface area contributed by atoms with Crippen LogP contribution >= 0.6 is 0 Å². The molecule has 0 saturated heterocycles. The van der Waals surface area contributed by atoms with Crippen molar-refractivity contribution in [3.8, 4) is 0 Å². The lowest BCUT2D eigenvalue weighted by Gasteiger charge is -2.19. The van der Waals surface area contributed by atoms with Crippen molar-refractivity contribution in [3.63, 3.8) is 0 Å². The summed E-state index contributed by atoms with van der Waals surface area (Å²) in [6.07, 6.45) is 0. The molecular formula is C15H20N2O4. The lowest BCUT2D eigenvalue weighted by molar-refractivity contribution is -0.137. The molecule has 0 bridgehead atoms. The molecule has 2 amide bonds. The molecule has 114 valence electrons. The first kappa shape index (κ1) is 16.7. The Labute approximate surface area is 123 Å². The number of hydrogen-bond donors (Lipinski definition) is 3. The lowest BCUT2D eigenvalue weighted by atomic mass is 9.87. The van der Waals surface area contributed by atoms with E-state index in [-0.39, 0.29) is 17.9 Å². The van der Waals surface area contributed by atoms with Crippen molar-refractivity contribution in [2.24, 2.45) is 0 Å². The monoisotopic (exact) mass is 292 g/mol. The summed E-state index contributed by atoms with van der Waals surface area (Å²) in [5.74, 6) is -2.05. The van der Waals surface area contributed by atoms with Crippen LogP contribution in [-0.4, -0.2) is 36.0 Å². The van der Waals surface area contributed by atoms with Gasteiger partial charge in [-0.1, -0.05) is 32.9 Å². The second-order valence-electron chi connectivity index (χ2n) is 5.68. The van der Waals surface area contributed by atoms with Crippen LogP contribution < -0.4 is 10.6 Å². The first-order valence-electron chi connectivity index (χ1n) is 6.57. The van der Waals surface area contributed by atoms with Gasteiger partial charge < -0.3 is 15.7 Å². The summed E-state index contributed by atoms with van der Waals surface area (Å²) in [7, 11) is 0. The molecule has 6 heteroatoms. The second kappa shape index (κ2) is 6.88.